The van der Waals surface area contributed by atoms with E-state index < -0.39 is 0 Å². The van der Waals surface area contributed by atoms with Crippen molar-refractivity contribution in [2.75, 3.05) is 32.8 Å². The van der Waals surface area contributed by atoms with E-state index in [0.29, 0.717) is 43.2 Å². The first-order chi connectivity index (χ1) is 12.2. The normalized spacial score (nSPS) is 12.4. The third kappa shape index (κ3) is 4.35. The number of hydrogen-bond donors (Lipinski definition) is 1. The van der Waals surface area contributed by atoms with Crippen LogP contribution in [-0.4, -0.2) is 33.3 Å². The summed E-state index contributed by atoms with van der Waals surface area (Å²) in [6, 6.07) is 11.0. The zero-order chi connectivity index (χ0) is 17.6. The highest BCUT2D eigenvalue weighted by molar-refractivity contribution is 5.91. The lowest BCUT2D eigenvalue weighted by Gasteiger charge is -2.18. The molecule has 1 aliphatic rings. The van der Waals surface area contributed by atoms with E-state index in [1.54, 1.807) is 32.4 Å². The predicted molar refractivity (Wildman–Crippen MR) is 93.9 cm³/mol. The third-order valence-corrected chi connectivity index (χ3v) is 3.88. The molecule has 0 bridgehead atoms. The average molecular weight is 343 g/mol. The van der Waals surface area contributed by atoms with Crippen LogP contribution in [0.25, 0.3) is 0 Å². The van der Waals surface area contributed by atoms with Gasteiger partial charge < -0.3 is 24.3 Å². The molecule has 0 saturated heterocycles. The van der Waals surface area contributed by atoms with Gasteiger partial charge in [0.25, 0.3) is 0 Å². The van der Waals surface area contributed by atoms with Crippen LogP contribution in [0.5, 0.6) is 23.0 Å². The first kappa shape index (κ1) is 17.0. The third-order valence-electron chi connectivity index (χ3n) is 3.88. The Morgan fingerprint density at radius 2 is 1.68 bits per heavy atom. The second kappa shape index (κ2) is 7.79. The molecule has 0 saturated carbocycles. The fourth-order valence-corrected chi connectivity index (χ4v) is 2.60. The quantitative estimate of drug-likeness (QED) is 0.873. The van der Waals surface area contributed by atoms with Crippen LogP contribution in [0.2, 0.25) is 0 Å². The number of anilines is 1. The molecule has 0 atom stereocenters. The van der Waals surface area contributed by atoms with E-state index in [4.69, 9.17) is 18.9 Å². The summed E-state index contributed by atoms with van der Waals surface area (Å²) in [6.45, 7) is 1.12. The standard InChI is InChI=1S/C19H21NO5/c1-22-15-10-14(11-16(12-15)23-2)20-19(21)6-4-13-3-5-17-18(9-13)25-8-7-24-17/h3,5,9-12H,4,6-8H2,1-2H3,(H,20,21). The van der Waals surface area contributed by atoms with Crippen LogP contribution in [0.1, 0.15) is 12.0 Å². The van der Waals surface area contributed by atoms with Crippen molar-refractivity contribution in [3.8, 4) is 23.0 Å². The van der Waals surface area contributed by atoms with Crippen LogP contribution in [-0.2, 0) is 11.2 Å². The lowest BCUT2D eigenvalue weighted by molar-refractivity contribution is -0.116. The number of rotatable bonds is 6. The average Bonchev–Trinajstić information content (AvgIpc) is 2.65. The van der Waals surface area contributed by atoms with Gasteiger partial charge in [-0.1, -0.05) is 6.07 Å². The molecule has 2 aromatic rings. The maximum atomic E-state index is 12.2. The summed E-state index contributed by atoms with van der Waals surface area (Å²) in [5, 5.41) is 2.87. The van der Waals surface area contributed by atoms with Crippen LogP contribution in [0, 0.1) is 0 Å². The Morgan fingerprint density at radius 3 is 2.36 bits per heavy atom. The summed E-state index contributed by atoms with van der Waals surface area (Å²) in [6.07, 6.45) is 0.975. The molecule has 1 N–H and O–H groups in total. The number of ether oxygens (including phenoxy) is 4. The predicted octanol–water partition coefficient (Wildman–Crippen LogP) is 3.05. The number of amides is 1. The Morgan fingerprint density at radius 1 is 1.00 bits per heavy atom. The molecule has 0 fully saturated rings. The van der Waals surface area contributed by atoms with Crippen molar-refractivity contribution in [3.63, 3.8) is 0 Å². The number of aryl methyl sites for hydroxylation is 1. The van der Waals surface area contributed by atoms with Gasteiger partial charge in [0.15, 0.2) is 11.5 Å². The molecule has 25 heavy (non-hydrogen) atoms. The number of carbonyl (C=O) groups is 1. The SMILES string of the molecule is COc1cc(NC(=O)CCc2ccc3c(c2)OCCO3)cc(OC)c1. The molecule has 1 heterocycles. The monoisotopic (exact) mass is 343 g/mol. The van der Waals surface area contributed by atoms with Crippen LogP contribution in [0.4, 0.5) is 5.69 Å². The lowest BCUT2D eigenvalue weighted by atomic mass is 10.1. The van der Waals surface area contributed by atoms with Crippen molar-refractivity contribution in [3.05, 3.63) is 42.0 Å². The topological polar surface area (TPSA) is 66.0 Å². The molecule has 6 heteroatoms. The van der Waals surface area contributed by atoms with E-state index in [-0.39, 0.29) is 5.91 Å². The number of fused-ring (bicyclic) bond motifs is 1. The highest BCUT2D eigenvalue weighted by Crippen LogP contribution is 2.31. The van der Waals surface area contributed by atoms with Gasteiger partial charge in [-0.25, -0.2) is 0 Å². The fourth-order valence-electron chi connectivity index (χ4n) is 2.60. The van der Waals surface area contributed by atoms with Gasteiger partial charge in [-0.05, 0) is 24.1 Å². The minimum Gasteiger partial charge on any atom is -0.497 e. The number of methoxy groups -OCH3 is 2. The molecule has 0 unspecified atom stereocenters. The van der Waals surface area contributed by atoms with E-state index in [9.17, 15) is 4.79 Å². The van der Waals surface area contributed by atoms with E-state index in [2.05, 4.69) is 5.32 Å². The van der Waals surface area contributed by atoms with Crippen molar-refractivity contribution in [2.24, 2.45) is 0 Å². The maximum absolute atomic E-state index is 12.2. The first-order valence-electron chi connectivity index (χ1n) is 8.09. The van der Waals surface area contributed by atoms with Crippen LogP contribution in [0.15, 0.2) is 36.4 Å². The molecule has 1 aliphatic heterocycles. The highest BCUT2D eigenvalue weighted by Gasteiger charge is 2.12. The van der Waals surface area contributed by atoms with Gasteiger partial charge in [-0.2, -0.15) is 0 Å². The maximum Gasteiger partial charge on any atom is 0.224 e. The Labute approximate surface area is 146 Å². The second-order valence-corrected chi connectivity index (χ2v) is 5.63. The summed E-state index contributed by atoms with van der Waals surface area (Å²) in [7, 11) is 3.14. The Balaban J connectivity index is 1.59. The smallest absolute Gasteiger partial charge is 0.224 e. The van der Waals surface area contributed by atoms with E-state index in [1.165, 1.54) is 0 Å². The molecule has 0 radical (unpaired) electrons. The van der Waals surface area contributed by atoms with Crippen molar-refractivity contribution >= 4 is 11.6 Å². The second-order valence-electron chi connectivity index (χ2n) is 5.63. The Bertz CT molecular complexity index is 737. The number of carbonyl (C=O) groups excluding carboxylic acids is 1. The number of hydrogen-bond acceptors (Lipinski definition) is 5. The van der Waals surface area contributed by atoms with Crippen molar-refractivity contribution in [1.29, 1.82) is 0 Å². The molecule has 3 rings (SSSR count). The Hall–Kier alpha value is -2.89. The molecule has 2 aromatic carbocycles. The molecule has 6 nitrogen and oxygen atoms in total. The summed E-state index contributed by atoms with van der Waals surface area (Å²) < 4.78 is 21.5. The van der Waals surface area contributed by atoms with Crippen molar-refractivity contribution < 1.29 is 23.7 Å². The zero-order valence-electron chi connectivity index (χ0n) is 14.3. The number of nitrogens with one attached hydrogen (secondary N) is 1. The molecule has 0 aromatic heterocycles. The van der Waals surface area contributed by atoms with Gasteiger partial charge in [0, 0.05) is 30.3 Å². The molecule has 0 aliphatic carbocycles. The molecule has 1 amide bonds. The van der Waals surface area contributed by atoms with Crippen molar-refractivity contribution in [1.82, 2.24) is 0 Å². The molecule has 0 spiro atoms. The lowest BCUT2D eigenvalue weighted by Crippen LogP contribution is -2.15. The summed E-state index contributed by atoms with van der Waals surface area (Å²) >= 11 is 0. The largest absolute Gasteiger partial charge is 0.497 e. The van der Waals surface area contributed by atoms with Crippen LogP contribution >= 0.6 is 0 Å². The summed E-state index contributed by atoms with van der Waals surface area (Å²) in [5.74, 6) is 2.66. The van der Waals surface area contributed by atoms with Gasteiger partial charge in [0.05, 0.1) is 14.2 Å². The number of benzene rings is 2. The summed E-state index contributed by atoms with van der Waals surface area (Å²) in [4.78, 5) is 12.2. The molecular weight excluding hydrogens is 322 g/mol. The van der Waals surface area contributed by atoms with E-state index in [0.717, 1.165) is 17.1 Å². The van der Waals surface area contributed by atoms with Gasteiger partial charge in [0.1, 0.15) is 24.7 Å². The van der Waals surface area contributed by atoms with E-state index >= 15 is 0 Å². The van der Waals surface area contributed by atoms with Crippen LogP contribution < -0.4 is 24.3 Å². The molecule has 132 valence electrons. The van der Waals surface area contributed by atoms with Gasteiger partial charge in [-0.3, -0.25) is 4.79 Å². The van der Waals surface area contributed by atoms with Gasteiger partial charge in [-0.15, -0.1) is 0 Å². The minimum atomic E-state index is -0.0785. The van der Waals surface area contributed by atoms with E-state index in [1.807, 2.05) is 18.2 Å². The first-order valence-corrected chi connectivity index (χ1v) is 8.09. The zero-order valence-corrected chi connectivity index (χ0v) is 14.3. The van der Waals surface area contributed by atoms with Crippen molar-refractivity contribution in [2.45, 2.75) is 12.8 Å². The fraction of sp³-hybridized carbons (Fsp3) is 0.316. The summed E-state index contributed by atoms with van der Waals surface area (Å²) in [5.41, 5.74) is 1.67. The van der Waals surface area contributed by atoms with Gasteiger partial charge in [0.2, 0.25) is 5.91 Å². The van der Waals surface area contributed by atoms with Gasteiger partial charge >= 0.3 is 0 Å². The highest BCUT2D eigenvalue weighted by atomic mass is 16.6. The minimum absolute atomic E-state index is 0.0785. The molecular formula is C19H21NO5. The Kier molecular flexibility index (Phi) is 5.28. The van der Waals surface area contributed by atoms with Crippen LogP contribution in [0.3, 0.4) is 0 Å².